The number of fused-ring (bicyclic) bond motifs is 1. The van der Waals surface area contributed by atoms with Crippen molar-refractivity contribution in [2.75, 3.05) is 24.5 Å². The van der Waals surface area contributed by atoms with Crippen molar-refractivity contribution in [1.82, 2.24) is 19.9 Å². The first-order valence-electron chi connectivity index (χ1n) is 10.0. The minimum absolute atomic E-state index is 0.247. The summed E-state index contributed by atoms with van der Waals surface area (Å²) >= 11 is 0. The van der Waals surface area contributed by atoms with Crippen molar-refractivity contribution in [2.45, 2.75) is 37.8 Å². The van der Waals surface area contributed by atoms with E-state index in [1.165, 1.54) is 25.7 Å². The number of nitrogens with zero attached hydrogens (tertiary/aromatic N) is 5. The maximum Gasteiger partial charge on any atom is 0.206 e. The lowest BCUT2D eigenvalue weighted by atomic mass is 9.88. The Morgan fingerprint density at radius 3 is 2.82 bits per heavy atom. The summed E-state index contributed by atoms with van der Waals surface area (Å²) in [4.78, 5) is 15.4. The second-order valence-electron chi connectivity index (χ2n) is 7.94. The van der Waals surface area contributed by atoms with Gasteiger partial charge >= 0.3 is 0 Å². The van der Waals surface area contributed by atoms with Gasteiger partial charge in [0.05, 0.1) is 29.8 Å². The lowest BCUT2D eigenvalue weighted by molar-refractivity contribution is 0.305. The topological polar surface area (TPSA) is 50.3 Å². The van der Waals surface area contributed by atoms with Gasteiger partial charge in [-0.1, -0.05) is 18.2 Å². The number of imidazole rings is 1. The molecule has 2 aromatic heterocycles. The smallest absolute Gasteiger partial charge is 0.206 e. The molecule has 1 spiro atoms. The highest BCUT2D eigenvalue weighted by atomic mass is 15.3. The molecule has 142 valence electrons. The van der Waals surface area contributed by atoms with Crippen LogP contribution in [0.4, 0.5) is 11.6 Å². The molecule has 2 aliphatic rings. The number of piperidine rings is 1. The van der Waals surface area contributed by atoms with E-state index in [1.807, 2.05) is 18.2 Å². The van der Waals surface area contributed by atoms with E-state index >= 15 is 0 Å². The summed E-state index contributed by atoms with van der Waals surface area (Å²) < 4.78 is 2.28. The van der Waals surface area contributed by atoms with Gasteiger partial charge in [-0.3, -0.25) is 4.98 Å². The number of para-hydroxylation sites is 2. The van der Waals surface area contributed by atoms with E-state index in [1.54, 1.807) is 6.20 Å². The number of aromatic nitrogens is 3. The van der Waals surface area contributed by atoms with Crippen molar-refractivity contribution >= 4 is 22.7 Å². The van der Waals surface area contributed by atoms with E-state index in [0.717, 1.165) is 42.3 Å². The van der Waals surface area contributed by atoms with E-state index < -0.39 is 0 Å². The summed E-state index contributed by atoms with van der Waals surface area (Å²) in [6.45, 7) is 11.0. The predicted octanol–water partition coefficient (Wildman–Crippen LogP) is 3.75. The number of rotatable bonds is 3. The summed E-state index contributed by atoms with van der Waals surface area (Å²) in [5.41, 5.74) is 3.92. The van der Waals surface area contributed by atoms with Gasteiger partial charge in [0.25, 0.3) is 0 Å². The summed E-state index contributed by atoms with van der Waals surface area (Å²) in [6.07, 6.45) is 6.61. The monoisotopic (exact) mass is 372 g/mol. The van der Waals surface area contributed by atoms with Crippen LogP contribution in [-0.2, 0) is 6.54 Å². The van der Waals surface area contributed by atoms with Crippen LogP contribution in [0.2, 0.25) is 0 Å². The number of hydrogen-bond donors (Lipinski definition) is 1. The van der Waals surface area contributed by atoms with Crippen LogP contribution < -0.4 is 10.2 Å². The van der Waals surface area contributed by atoms with Crippen molar-refractivity contribution in [3.05, 3.63) is 59.7 Å². The Bertz CT molecular complexity index is 1020. The van der Waals surface area contributed by atoms with Gasteiger partial charge in [0.1, 0.15) is 0 Å². The highest BCUT2D eigenvalue weighted by Gasteiger charge is 2.38. The molecule has 1 aromatic carbocycles. The van der Waals surface area contributed by atoms with Gasteiger partial charge in [0.2, 0.25) is 11.6 Å². The van der Waals surface area contributed by atoms with Crippen LogP contribution >= 0.6 is 0 Å². The molecule has 6 nitrogen and oxygen atoms in total. The van der Waals surface area contributed by atoms with Gasteiger partial charge in [0, 0.05) is 24.8 Å². The molecule has 2 fully saturated rings. The highest BCUT2D eigenvalue weighted by Crippen LogP contribution is 2.33. The van der Waals surface area contributed by atoms with E-state index in [-0.39, 0.29) is 5.54 Å². The molecule has 0 aliphatic carbocycles. The molecule has 6 heteroatoms. The standard InChI is InChI=1S/C22H24N6/c1-23-17-8-9-18(24-14-17)15-28-20-7-3-2-6-19(20)26-21(28)27-13-5-11-22(16-27)10-4-12-25-22/h2-3,6-9,14,25H,4-5,10-13,15-16H2/t22-/m0/s1. The maximum absolute atomic E-state index is 7.12. The molecule has 1 N–H and O–H groups in total. The van der Waals surface area contributed by atoms with Crippen molar-refractivity contribution in [2.24, 2.45) is 0 Å². The van der Waals surface area contributed by atoms with Crippen LogP contribution in [0.5, 0.6) is 0 Å². The molecule has 0 bridgehead atoms. The average molecular weight is 372 g/mol. The van der Waals surface area contributed by atoms with Crippen LogP contribution in [0.25, 0.3) is 15.9 Å². The molecule has 1 atom stereocenters. The number of benzene rings is 1. The maximum atomic E-state index is 7.12. The summed E-state index contributed by atoms with van der Waals surface area (Å²) in [5.74, 6) is 1.03. The number of anilines is 1. The van der Waals surface area contributed by atoms with Gasteiger partial charge in [-0.2, -0.15) is 0 Å². The van der Waals surface area contributed by atoms with Gasteiger partial charge in [-0.25, -0.2) is 9.83 Å². The zero-order valence-corrected chi connectivity index (χ0v) is 15.9. The van der Waals surface area contributed by atoms with Crippen LogP contribution in [0, 0.1) is 6.57 Å². The number of pyridine rings is 1. The zero-order valence-electron chi connectivity index (χ0n) is 15.9. The van der Waals surface area contributed by atoms with Crippen molar-refractivity contribution < 1.29 is 0 Å². The Labute approximate surface area is 165 Å². The quantitative estimate of drug-likeness (QED) is 0.712. The predicted molar refractivity (Wildman–Crippen MR) is 111 cm³/mol. The Morgan fingerprint density at radius 2 is 2.04 bits per heavy atom. The molecular formula is C22H24N6. The van der Waals surface area contributed by atoms with E-state index in [4.69, 9.17) is 11.6 Å². The van der Waals surface area contributed by atoms with E-state index in [2.05, 4.69) is 42.8 Å². The summed E-state index contributed by atoms with van der Waals surface area (Å²) in [7, 11) is 0. The Hall–Kier alpha value is -2.91. The SMILES string of the molecule is [C-]#[N+]c1ccc(Cn2c(N3CCC[C@@]4(CCCN4)C3)nc3ccccc32)nc1. The lowest BCUT2D eigenvalue weighted by Crippen LogP contribution is -2.54. The van der Waals surface area contributed by atoms with E-state index in [0.29, 0.717) is 12.2 Å². The Balaban J connectivity index is 1.53. The molecule has 4 heterocycles. The third-order valence-electron chi connectivity index (χ3n) is 6.08. The van der Waals surface area contributed by atoms with Gasteiger partial charge < -0.3 is 14.8 Å². The summed E-state index contributed by atoms with van der Waals surface area (Å²) in [6, 6.07) is 12.1. The molecule has 0 radical (unpaired) electrons. The molecule has 0 unspecified atom stereocenters. The van der Waals surface area contributed by atoms with Crippen molar-refractivity contribution in [3.8, 4) is 0 Å². The molecule has 5 rings (SSSR count). The fourth-order valence-electron chi connectivity index (χ4n) is 4.72. The van der Waals surface area contributed by atoms with Crippen LogP contribution in [0.15, 0.2) is 42.6 Å². The zero-order chi connectivity index (χ0) is 19.0. The van der Waals surface area contributed by atoms with Crippen LogP contribution in [0.1, 0.15) is 31.4 Å². The molecule has 0 saturated carbocycles. The highest BCUT2D eigenvalue weighted by molar-refractivity contribution is 5.79. The average Bonchev–Trinajstić information content (AvgIpc) is 3.34. The van der Waals surface area contributed by atoms with Crippen molar-refractivity contribution in [3.63, 3.8) is 0 Å². The minimum Gasteiger partial charge on any atom is -0.340 e. The fourth-order valence-corrected chi connectivity index (χ4v) is 4.72. The third kappa shape index (κ3) is 3.02. The number of hydrogen-bond acceptors (Lipinski definition) is 4. The first-order chi connectivity index (χ1) is 13.8. The van der Waals surface area contributed by atoms with Gasteiger partial charge in [-0.05, 0) is 50.4 Å². The molecular weight excluding hydrogens is 348 g/mol. The lowest BCUT2D eigenvalue weighted by Gasteiger charge is -2.41. The Morgan fingerprint density at radius 1 is 1.14 bits per heavy atom. The van der Waals surface area contributed by atoms with Crippen molar-refractivity contribution in [1.29, 1.82) is 0 Å². The molecule has 2 aliphatic heterocycles. The first-order valence-corrected chi connectivity index (χ1v) is 10.0. The third-order valence-corrected chi connectivity index (χ3v) is 6.08. The molecule has 2 saturated heterocycles. The number of nitrogens with one attached hydrogen (secondary N) is 1. The fraction of sp³-hybridized carbons (Fsp3) is 0.409. The second kappa shape index (κ2) is 6.92. The normalized spacial score (nSPS) is 22.0. The molecule has 28 heavy (non-hydrogen) atoms. The minimum atomic E-state index is 0.247. The molecule has 0 amide bonds. The van der Waals surface area contributed by atoms with E-state index in [9.17, 15) is 0 Å². The van der Waals surface area contributed by atoms with Gasteiger partial charge in [-0.15, -0.1) is 0 Å². The van der Waals surface area contributed by atoms with Gasteiger partial charge in [0.15, 0.2) is 0 Å². The van der Waals surface area contributed by atoms with Crippen LogP contribution in [0.3, 0.4) is 0 Å². The van der Waals surface area contributed by atoms with Crippen LogP contribution in [-0.4, -0.2) is 39.7 Å². The Kier molecular flexibility index (Phi) is 4.25. The molecule has 3 aromatic rings. The summed E-state index contributed by atoms with van der Waals surface area (Å²) in [5, 5.41) is 3.77. The largest absolute Gasteiger partial charge is 0.340 e. The first kappa shape index (κ1) is 17.2. The second-order valence-corrected chi connectivity index (χ2v) is 7.94.